The summed E-state index contributed by atoms with van der Waals surface area (Å²) in [6, 6.07) is 77.1. The molecule has 12 rings (SSSR count). The minimum absolute atomic E-state index is 0.471. The average molecular weight is 802 g/mol. The summed E-state index contributed by atoms with van der Waals surface area (Å²) >= 11 is 1.87. The van der Waals surface area contributed by atoms with Gasteiger partial charge < -0.3 is 4.57 Å². The van der Waals surface area contributed by atoms with Gasteiger partial charge in [0.05, 0.1) is 16.6 Å². The molecule has 0 N–H and O–H groups in total. The Balaban J connectivity index is 1.10. The van der Waals surface area contributed by atoms with Gasteiger partial charge in [-0.2, -0.15) is 0 Å². The van der Waals surface area contributed by atoms with E-state index < -0.39 is 12.6 Å². The molecular formula is C56H36NOPS. The molecule has 0 radical (unpaired) electrons. The van der Waals surface area contributed by atoms with Crippen LogP contribution in [0.25, 0.3) is 55.2 Å². The lowest BCUT2D eigenvalue weighted by Crippen LogP contribution is -2.31. The van der Waals surface area contributed by atoms with E-state index in [1.807, 2.05) is 84.6 Å². The summed E-state index contributed by atoms with van der Waals surface area (Å²) in [5.74, 6) is 0. The van der Waals surface area contributed by atoms with Crippen LogP contribution < -0.4 is 15.9 Å². The number of fused-ring (bicyclic) bond motifs is 13. The number of hydrogen-bond acceptors (Lipinski definition) is 3. The van der Waals surface area contributed by atoms with Crippen molar-refractivity contribution in [3.63, 3.8) is 0 Å². The minimum atomic E-state index is -3.10. The van der Waals surface area contributed by atoms with E-state index in [1.54, 1.807) is 0 Å². The van der Waals surface area contributed by atoms with Crippen LogP contribution in [-0.4, -0.2) is 4.98 Å². The van der Waals surface area contributed by atoms with Gasteiger partial charge in [-0.25, -0.2) is 4.98 Å². The zero-order valence-corrected chi connectivity index (χ0v) is 34.2. The highest BCUT2D eigenvalue weighted by Crippen LogP contribution is 2.63. The number of hydrogen-bond donors (Lipinski definition) is 0. The smallest absolute Gasteiger partial charge is 0.171 e. The van der Waals surface area contributed by atoms with Crippen LogP contribution in [0.1, 0.15) is 22.3 Å². The van der Waals surface area contributed by atoms with Crippen molar-refractivity contribution in [1.29, 1.82) is 0 Å². The summed E-state index contributed by atoms with van der Waals surface area (Å²) in [5, 5.41) is 5.96. The molecule has 282 valence electrons. The van der Waals surface area contributed by atoms with Crippen molar-refractivity contribution in [2.45, 2.75) is 15.2 Å². The van der Waals surface area contributed by atoms with E-state index in [2.05, 4.69) is 146 Å². The maximum absolute atomic E-state index is 15.2. The Morgan fingerprint density at radius 3 is 1.58 bits per heavy atom. The predicted octanol–water partition coefficient (Wildman–Crippen LogP) is 13.2. The van der Waals surface area contributed by atoms with Gasteiger partial charge in [-0.3, -0.25) is 0 Å². The summed E-state index contributed by atoms with van der Waals surface area (Å²) in [7, 11) is -3.10. The van der Waals surface area contributed by atoms with Gasteiger partial charge in [-0.05, 0) is 62.7 Å². The Bertz CT molecular complexity index is 3280. The van der Waals surface area contributed by atoms with Crippen molar-refractivity contribution in [3.05, 3.63) is 241 Å². The van der Waals surface area contributed by atoms with E-state index in [0.29, 0.717) is 0 Å². The Labute approximate surface area is 353 Å². The molecule has 0 bridgehead atoms. The minimum Gasteiger partial charge on any atom is -0.309 e. The lowest BCUT2D eigenvalue weighted by molar-refractivity contribution is 0.592. The normalized spacial score (nSPS) is 13.5. The molecule has 9 aromatic carbocycles. The number of nitrogens with zero attached hydrogens (tertiary/aromatic N) is 1. The molecule has 1 spiro atoms. The summed E-state index contributed by atoms with van der Waals surface area (Å²) < 4.78 is 15.2. The monoisotopic (exact) mass is 801 g/mol. The quantitative estimate of drug-likeness (QED) is 0.128. The highest BCUT2D eigenvalue weighted by molar-refractivity contribution is 7.99. The number of rotatable bonds is 5. The van der Waals surface area contributed by atoms with E-state index in [1.165, 1.54) is 48.6 Å². The molecule has 0 fully saturated rings. The fourth-order valence-electron chi connectivity index (χ4n) is 10.0. The first-order valence-electron chi connectivity index (χ1n) is 20.4. The third kappa shape index (κ3) is 5.03. The van der Waals surface area contributed by atoms with Gasteiger partial charge in [0.25, 0.3) is 0 Å². The van der Waals surface area contributed by atoms with Crippen molar-refractivity contribution in [3.8, 4) is 33.5 Å². The highest BCUT2D eigenvalue weighted by Gasteiger charge is 2.50. The summed E-state index contributed by atoms with van der Waals surface area (Å²) in [6.45, 7) is 0. The third-order valence-electron chi connectivity index (χ3n) is 12.6. The van der Waals surface area contributed by atoms with Gasteiger partial charge in [0, 0.05) is 47.4 Å². The molecule has 0 amide bonds. The molecule has 10 aromatic rings. The fourth-order valence-corrected chi connectivity index (χ4v) is 13.9. The number of pyridine rings is 1. The molecule has 2 nitrogen and oxygen atoms in total. The van der Waals surface area contributed by atoms with Gasteiger partial charge in [0.15, 0.2) is 7.14 Å². The third-order valence-corrected chi connectivity index (χ3v) is 16.8. The lowest BCUT2D eigenvalue weighted by Gasteiger charge is -2.39. The fraction of sp³-hybridized carbons (Fsp3) is 0.0179. The van der Waals surface area contributed by atoms with Crippen LogP contribution in [0.5, 0.6) is 0 Å². The number of aromatic nitrogens is 1. The van der Waals surface area contributed by atoms with Crippen LogP contribution in [0.2, 0.25) is 0 Å². The van der Waals surface area contributed by atoms with Crippen molar-refractivity contribution in [2.24, 2.45) is 0 Å². The van der Waals surface area contributed by atoms with E-state index in [-0.39, 0.29) is 0 Å². The van der Waals surface area contributed by atoms with Crippen LogP contribution in [0, 0.1) is 0 Å². The average Bonchev–Trinajstić information content (AvgIpc) is 3.62. The zero-order valence-electron chi connectivity index (χ0n) is 32.5. The molecule has 4 heteroatoms. The second-order valence-electron chi connectivity index (χ2n) is 15.7. The second kappa shape index (κ2) is 13.6. The molecule has 0 atom stereocenters. The van der Waals surface area contributed by atoms with Gasteiger partial charge in [0.2, 0.25) is 0 Å². The largest absolute Gasteiger partial charge is 0.309 e. The molecule has 1 aromatic heterocycles. The molecule has 0 unspecified atom stereocenters. The second-order valence-corrected chi connectivity index (χ2v) is 19.5. The summed E-state index contributed by atoms with van der Waals surface area (Å²) in [6.07, 6.45) is 0. The molecule has 0 saturated heterocycles. The van der Waals surface area contributed by atoms with Crippen LogP contribution in [0.15, 0.2) is 228 Å². The van der Waals surface area contributed by atoms with Gasteiger partial charge in [-0.15, -0.1) is 0 Å². The Morgan fingerprint density at radius 2 is 0.933 bits per heavy atom. The predicted molar refractivity (Wildman–Crippen MR) is 251 cm³/mol. The Morgan fingerprint density at radius 1 is 0.417 bits per heavy atom. The number of benzene rings is 9. The molecule has 0 saturated carbocycles. The van der Waals surface area contributed by atoms with E-state index in [9.17, 15) is 0 Å². The van der Waals surface area contributed by atoms with Crippen LogP contribution >= 0.6 is 18.9 Å². The van der Waals surface area contributed by atoms with E-state index >= 15 is 4.57 Å². The topological polar surface area (TPSA) is 30.0 Å². The van der Waals surface area contributed by atoms with Crippen LogP contribution in [-0.2, 0) is 9.98 Å². The van der Waals surface area contributed by atoms with Crippen molar-refractivity contribution in [1.82, 2.24) is 4.98 Å². The lowest BCUT2D eigenvalue weighted by atomic mass is 9.67. The SMILES string of the molecule is O=P(c1ccccc1)(c1ccccc1)c1ccc(-c2ccc3c(c2)nc(-c2ccccc2)c2ccc4c(c23)-c2ccccc2C42c3ccccc3Sc3ccccc32)cc1. The first-order valence-corrected chi connectivity index (χ1v) is 22.9. The van der Waals surface area contributed by atoms with Gasteiger partial charge in [-0.1, -0.05) is 212 Å². The zero-order chi connectivity index (χ0) is 39.8. The first-order chi connectivity index (χ1) is 29.6. The van der Waals surface area contributed by atoms with Crippen molar-refractivity contribution < 1.29 is 4.57 Å². The van der Waals surface area contributed by atoms with E-state index in [0.717, 1.165) is 54.6 Å². The molecule has 60 heavy (non-hydrogen) atoms. The molecule has 2 aliphatic rings. The standard InChI is InChI=1S/C56H36NOPS/c58-59(40-18-6-2-7-19-40,41-20-8-3-9-21-41)42-31-28-37(29-32-42)39-30-33-44-50(36-39)57-55(38-16-4-1-5-17-38)45-34-35-49-54(53(44)45)43-22-10-11-23-46(43)56(49)47-24-12-14-26-51(47)60-52-27-15-13-25-48(52)56/h1-36H. The maximum Gasteiger partial charge on any atom is 0.171 e. The maximum atomic E-state index is 15.2. The molecule has 1 aliphatic heterocycles. The summed E-state index contributed by atoms with van der Waals surface area (Å²) in [5.41, 5.74) is 12.5. The Kier molecular flexibility index (Phi) is 8.00. The molecule has 2 heterocycles. The molecule has 1 aliphatic carbocycles. The van der Waals surface area contributed by atoms with Crippen molar-refractivity contribution in [2.75, 3.05) is 0 Å². The van der Waals surface area contributed by atoms with E-state index in [4.69, 9.17) is 4.98 Å². The van der Waals surface area contributed by atoms with Crippen LogP contribution in [0.4, 0.5) is 0 Å². The first kappa shape index (κ1) is 35.2. The Hall–Kier alpha value is -6.77. The summed E-state index contributed by atoms with van der Waals surface area (Å²) in [4.78, 5) is 8.09. The highest BCUT2D eigenvalue weighted by atomic mass is 32.2. The van der Waals surface area contributed by atoms with Gasteiger partial charge in [0.1, 0.15) is 0 Å². The van der Waals surface area contributed by atoms with Crippen LogP contribution in [0.3, 0.4) is 0 Å². The van der Waals surface area contributed by atoms with Crippen molar-refractivity contribution >= 4 is 56.5 Å². The van der Waals surface area contributed by atoms with Gasteiger partial charge >= 0.3 is 0 Å². The molecular weight excluding hydrogens is 766 g/mol.